The van der Waals surface area contributed by atoms with Gasteiger partial charge in [0.05, 0.1) is 0 Å². The van der Waals surface area contributed by atoms with Crippen molar-refractivity contribution in [1.29, 1.82) is 0 Å². The van der Waals surface area contributed by atoms with Crippen LogP contribution >= 0.6 is 0 Å². The maximum absolute atomic E-state index is 12.4. The van der Waals surface area contributed by atoms with E-state index in [0.29, 0.717) is 18.1 Å². The molecular weight excluding hydrogens is 264 g/mol. The highest BCUT2D eigenvalue weighted by atomic mass is 16.6. The third-order valence-corrected chi connectivity index (χ3v) is 5.23. The maximum Gasteiger partial charge on any atom is 0.410 e. The Morgan fingerprint density at radius 3 is 2.29 bits per heavy atom. The van der Waals surface area contributed by atoms with E-state index in [1.807, 2.05) is 25.7 Å². The first kappa shape index (κ1) is 15.1. The number of ether oxygens (including phenoxy) is 1. The molecule has 120 valence electrons. The van der Waals surface area contributed by atoms with E-state index in [2.05, 4.69) is 12.2 Å². The standard InChI is InChI=1S/C17H30N2O2/c1-5-11-8-15(11)18-12-9-13-6-7-14(10-12)19(13)16(20)21-17(2,3)4/h11-15,18H,5-10H2,1-4H3. The van der Waals surface area contributed by atoms with Crippen LogP contribution in [-0.2, 0) is 4.74 Å². The van der Waals surface area contributed by atoms with Crippen LogP contribution in [0.3, 0.4) is 0 Å². The predicted octanol–water partition coefficient (Wildman–Crippen LogP) is 3.31. The summed E-state index contributed by atoms with van der Waals surface area (Å²) in [4.78, 5) is 14.4. The summed E-state index contributed by atoms with van der Waals surface area (Å²) in [6.45, 7) is 8.11. The van der Waals surface area contributed by atoms with Gasteiger partial charge in [-0.25, -0.2) is 4.79 Å². The smallest absolute Gasteiger partial charge is 0.410 e. The number of carbonyl (C=O) groups is 1. The number of nitrogens with one attached hydrogen (secondary N) is 1. The third kappa shape index (κ3) is 3.36. The monoisotopic (exact) mass is 294 g/mol. The van der Waals surface area contributed by atoms with Crippen molar-refractivity contribution in [2.24, 2.45) is 5.92 Å². The zero-order chi connectivity index (χ0) is 15.2. The van der Waals surface area contributed by atoms with Gasteiger partial charge >= 0.3 is 6.09 Å². The molecule has 0 aromatic carbocycles. The van der Waals surface area contributed by atoms with Crippen molar-refractivity contribution in [2.75, 3.05) is 0 Å². The lowest BCUT2D eigenvalue weighted by molar-refractivity contribution is 0.00462. The fourth-order valence-corrected chi connectivity index (χ4v) is 4.13. The molecule has 4 unspecified atom stereocenters. The summed E-state index contributed by atoms with van der Waals surface area (Å²) < 4.78 is 5.59. The van der Waals surface area contributed by atoms with E-state index in [0.717, 1.165) is 37.6 Å². The Morgan fingerprint density at radius 2 is 1.81 bits per heavy atom. The van der Waals surface area contributed by atoms with Gasteiger partial charge < -0.3 is 15.0 Å². The van der Waals surface area contributed by atoms with Gasteiger partial charge in [0.15, 0.2) is 0 Å². The minimum absolute atomic E-state index is 0.105. The first-order valence-corrected chi connectivity index (χ1v) is 8.64. The number of hydrogen-bond donors (Lipinski definition) is 1. The highest BCUT2D eigenvalue weighted by Gasteiger charge is 2.46. The zero-order valence-electron chi connectivity index (χ0n) is 13.9. The summed E-state index contributed by atoms with van der Waals surface area (Å²) in [6, 6.07) is 2.11. The van der Waals surface area contributed by atoms with E-state index in [1.54, 1.807) is 0 Å². The van der Waals surface area contributed by atoms with E-state index in [1.165, 1.54) is 12.8 Å². The molecule has 2 aliphatic heterocycles. The van der Waals surface area contributed by atoms with Gasteiger partial charge in [-0.15, -0.1) is 0 Å². The van der Waals surface area contributed by atoms with Crippen molar-refractivity contribution in [1.82, 2.24) is 10.2 Å². The molecule has 3 aliphatic rings. The van der Waals surface area contributed by atoms with Gasteiger partial charge in [-0.05, 0) is 58.8 Å². The molecule has 3 rings (SSSR count). The van der Waals surface area contributed by atoms with E-state index in [4.69, 9.17) is 4.74 Å². The number of rotatable bonds is 3. The molecule has 3 fully saturated rings. The minimum Gasteiger partial charge on any atom is -0.444 e. The number of hydrogen-bond acceptors (Lipinski definition) is 3. The molecule has 1 amide bonds. The summed E-state index contributed by atoms with van der Waals surface area (Å²) in [5, 5.41) is 3.82. The lowest BCUT2D eigenvalue weighted by Crippen LogP contribution is -2.53. The molecule has 4 atom stereocenters. The molecule has 2 heterocycles. The van der Waals surface area contributed by atoms with Crippen LogP contribution in [0.1, 0.15) is 66.2 Å². The molecular formula is C17H30N2O2. The van der Waals surface area contributed by atoms with Gasteiger partial charge in [0.2, 0.25) is 0 Å². The largest absolute Gasteiger partial charge is 0.444 e. The Hall–Kier alpha value is -0.770. The van der Waals surface area contributed by atoms with Crippen LogP contribution in [0.15, 0.2) is 0 Å². The van der Waals surface area contributed by atoms with Gasteiger partial charge in [0.25, 0.3) is 0 Å². The SMILES string of the molecule is CCC1CC1NC1CC2CCC(C1)N2C(=O)OC(C)(C)C. The van der Waals surface area contributed by atoms with Gasteiger partial charge in [-0.3, -0.25) is 0 Å². The molecule has 0 aromatic heterocycles. The Bertz CT molecular complexity index is 390. The van der Waals surface area contributed by atoms with Gasteiger partial charge in [-0.2, -0.15) is 0 Å². The minimum atomic E-state index is -0.395. The summed E-state index contributed by atoms with van der Waals surface area (Å²) in [5.41, 5.74) is -0.395. The quantitative estimate of drug-likeness (QED) is 0.868. The second kappa shape index (κ2) is 5.45. The Balaban J connectivity index is 1.55. The Kier molecular flexibility index (Phi) is 3.93. The Morgan fingerprint density at radius 1 is 1.19 bits per heavy atom. The molecule has 0 spiro atoms. The second-order valence-electron chi connectivity index (χ2n) is 8.12. The van der Waals surface area contributed by atoms with Crippen LogP contribution in [0, 0.1) is 5.92 Å². The number of fused-ring (bicyclic) bond motifs is 2. The average molecular weight is 294 g/mol. The third-order valence-electron chi connectivity index (χ3n) is 5.23. The number of amides is 1. The van der Waals surface area contributed by atoms with E-state index in [9.17, 15) is 4.79 Å². The molecule has 1 aliphatic carbocycles. The van der Waals surface area contributed by atoms with Crippen LogP contribution in [0.2, 0.25) is 0 Å². The fourth-order valence-electron chi connectivity index (χ4n) is 4.13. The lowest BCUT2D eigenvalue weighted by Gasteiger charge is -2.40. The van der Waals surface area contributed by atoms with Crippen LogP contribution in [-0.4, -0.2) is 40.8 Å². The second-order valence-corrected chi connectivity index (χ2v) is 8.12. The van der Waals surface area contributed by atoms with Gasteiger partial charge in [0, 0.05) is 24.2 Å². The lowest BCUT2D eigenvalue weighted by atomic mass is 9.97. The first-order valence-electron chi connectivity index (χ1n) is 8.64. The molecule has 2 bridgehead atoms. The molecule has 0 radical (unpaired) electrons. The van der Waals surface area contributed by atoms with Crippen molar-refractivity contribution in [3.05, 3.63) is 0 Å². The fraction of sp³-hybridized carbons (Fsp3) is 0.941. The van der Waals surface area contributed by atoms with Crippen molar-refractivity contribution >= 4 is 6.09 Å². The highest BCUT2D eigenvalue weighted by Crippen LogP contribution is 2.39. The van der Waals surface area contributed by atoms with E-state index < -0.39 is 5.60 Å². The molecule has 0 aromatic rings. The topological polar surface area (TPSA) is 41.6 Å². The maximum atomic E-state index is 12.4. The van der Waals surface area contributed by atoms with Gasteiger partial charge in [-0.1, -0.05) is 13.3 Å². The molecule has 1 saturated carbocycles. The van der Waals surface area contributed by atoms with Gasteiger partial charge in [0.1, 0.15) is 5.60 Å². The van der Waals surface area contributed by atoms with Crippen molar-refractivity contribution in [2.45, 2.75) is 96.0 Å². The summed E-state index contributed by atoms with van der Waals surface area (Å²) in [7, 11) is 0. The number of carbonyl (C=O) groups excluding carboxylic acids is 1. The van der Waals surface area contributed by atoms with Crippen LogP contribution in [0.4, 0.5) is 4.79 Å². The van der Waals surface area contributed by atoms with Crippen molar-refractivity contribution in [3.63, 3.8) is 0 Å². The number of piperidine rings is 1. The normalized spacial score (nSPS) is 38.5. The molecule has 4 nitrogen and oxygen atoms in total. The summed E-state index contributed by atoms with van der Waals surface area (Å²) in [5.74, 6) is 0.895. The van der Waals surface area contributed by atoms with Crippen molar-refractivity contribution < 1.29 is 9.53 Å². The van der Waals surface area contributed by atoms with E-state index in [-0.39, 0.29) is 6.09 Å². The molecule has 4 heteroatoms. The van der Waals surface area contributed by atoms with Crippen LogP contribution in [0.25, 0.3) is 0 Å². The number of nitrogens with zero attached hydrogens (tertiary/aromatic N) is 1. The van der Waals surface area contributed by atoms with Crippen LogP contribution < -0.4 is 5.32 Å². The highest BCUT2D eigenvalue weighted by molar-refractivity contribution is 5.69. The molecule has 1 N–H and O–H groups in total. The first-order chi connectivity index (χ1) is 9.87. The predicted molar refractivity (Wildman–Crippen MR) is 83.2 cm³/mol. The molecule has 2 saturated heterocycles. The summed E-state index contributed by atoms with van der Waals surface area (Å²) >= 11 is 0. The van der Waals surface area contributed by atoms with Crippen LogP contribution in [0.5, 0.6) is 0 Å². The Labute approximate surface area is 128 Å². The van der Waals surface area contributed by atoms with E-state index >= 15 is 0 Å². The molecule has 21 heavy (non-hydrogen) atoms. The average Bonchev–Trinajstić information content (AvgIpc) is 3.05. The zero-order valence-corrected chi connectivity index (χ0v) is 13.9. The summed E-state index contributed by atoms with van der Waals surface area (Å²) in [6.07, 6.45) is 7.02. The van der Waals surface area contributed by atoms with Crippen molar-refractivity contribution in [3.8, 4) is 0 Å².